The van der Waals surface area contributed by atoms with Crippen molar-refractivity contribution < 1.29 is 10.0 Å². The monoisotopic (exact) mass is 275 g/mol. The summed E-state index contributed by atoms with van der Waals surface area (Å²) in [5.74, 6) is 0.263. The van der Waals surface area contributed by atoms with Gasteiger partial charge in [0.15, 0.2) is 5.84 Å². The van der Waals surface area contributed by atoms with Crippen LogP contribution in [0.4, 0.5) is 0 Å². The summed E-state index contributed by atoms with van der Waals surface area (Å²) in [7, 11) is 0. The van der Waals surface area contributed by atoms with Crippen LogP contribution in [0.25, 0.3) is 0 Å². The summed E-state index contributed by atoms with van der Waals surface area (Å²) in [6, 6.07) is 7.63. The Labute approximate surface area is 119 Å². The van der Waals surface area contributed by atoms with E-state index in [-0.39, 0.29) is 11.7 Å². The van der Waals surface area contributed by atoms with E-state index in [9.17, 15) is 4.79 Å². The summed E-state index contributed by atoms with van der Waals surface area (Å²) in [5.41, 5.74) is 7.11. The van der Waals surface area contributed by atoms with Crippen molar-refractivity contribution in [2.75, 3.05) is 6.54 Å². The van der Waals surface area contributed by atoms with Gasteiger partial charge in [-0.2, -0.15) is 0 Å². The van der Waals surface area contributed by atoms with E-state index in [1.54, 1.807) is 12.1 Å². The quantitative estimate of drug-likeness (QED) is 0.380. The van der Waals surface area contributed by atoms with Gasteiger partial charge in [0.25, 0.3) is 0 Å². The molecular weight excluding hydrogens is 254 g/mol. The average molecular weight is 275 g/mol. The number of nitrogens with two attached hydrogens (primary N) is 1. The Morgan fingerprint density at radius 1 is 1.45 bits per heavy atom. The van der Waals surface area contributed by atoms with Crippen molar-refractivity contribution in [3.05, 3.63) is 35.4 Å². The number of likely N-dealkylation sites (tertiary alicyclic amines) is 1. The summed E-state index contributed by atoms with van der Waals surface area (Å²) in [6.07, 6.45) is 3.65. The van der Waals surface area contributed by atoms with E-state index in [2.05, 4.69) is 12.1 Å². The Morgan fingerprint density at radius 3 is 2.75 bits per heavy atom. The molecule has 1 saturated heterocycles. The second-order valence-corrected chi connectivity index (χ2v) is 5.15. The Balaban J connectivity index is 2.01. The average Bonchev–Trinajstić information content (AvgIpc) is 2.95. The van der Waals surface area contributed by atoms with Gasteiger partial charge in [-0.3, -0.25) is 4.79 Å². The molecule has 2 rings (SSSR count). The predicted molar refractivity (Wildman–Crippen MR) is 77.7 cm³/mol. The van der Waals surface area contributed by atoms with Crippen LogP contribution >= 0.6 is 0 Å². The van der Waals surface area contributed by atoms with Crippen molar-refractivity contribution in [2.24, 2.45) is 10.9 Å². The third-order valence-electron chi connectivity index (χ3n) is 3.88. The molecule has 0 spiro atoms. The predicted octanol–water partition coefficient (Wildman–Crippen LogP) is 1.72. The number of benzene rings is 1. The molecule has 20 heavy (non-hydrogen) atoms. The van der Waals surface area contributed by atoms with Crippen LogP contribution in [0.5, 0.6) is 0 Å². The Kier molecular flexibility index (Phi) is 4.61. The number of hydrogen-bond donors (Lipinski definition) is 2. The third kappa shape index (κ3) is 3.10. The van der Waals surface area contributed by atoms with Crippen molar-refractivity contribution in [3.8, 4) is 0 Å². The molecule has 0 bridgehead atoms. The van der Waals surface area contributed by atoms with Crippen molar-refractivity contribution in [3.63, 3.8) is 0 Å². The van der Waals surface area contributed by atoms with Gasteiger partial charge in [-0.25, -0.2) is 0 Å². The lowest BCUT2D eigenvalue weighted by Gasteiger charge is -2.23. The fraction of sp³-hybridized carbons (Fsp3) is 0.467. The number of hydrogen-bond acceptors (Lipinski definition) is 3. The topological polar surface area (TPSA) is 78.9 Å². The van der Waals surface area contributed by atoms with E-state index < -0.39 is 0 Å². The van der Waals surface area contributed by atoms with Gasteiger partial charge in [-0.1, -0.05) is 36.3 Å². The smallest absolute Gasteiger partial charge is 0.227 e. The Morgan fingerprint density at radius 2 is 2.15 bits per heavy atom. The summed E-state index contributed by atoms with van der Waals surface area (Å²) in [4.78, 5) is 14.3. The van der Waals surface area contributed by atoms with Crippen LogP contribution in [0.15, 0.2) is 29.4 Å². The van der Waals surface area contributed by atoms with Gasteiger partial charge >= 0.3 is 0 Å². The number of rotatable bonds is 4. The van der Waals surface area contributed by atoms with Crippen molar-refractivity contribution in [2.45, 2.75) is 38.6 Å². The van der Waals surface area contributed by atoms with E-state index in [0.717, 1.165) is 31.4 Å². The van der Waals surface area contributed by atoms with Gasteiger partial charge in [0, 0.05) is 18.2 Å². The molecule has 0 radical (unpaired) electrons. The first kappa shape index (κ1) is 14.4. The molecule has 5 nitrogen and oxygen atoms in total. The molecule has 1 aromatic rings. The maximum Gasteiger partial charge on any atom is 0.227 e. The lowest BCUT2D eigenvalue weighted by Crippen LogP contribution is -2.36. The first-order valence-corrected chi connectivity index (χ1v) is 7.02. The zero-order chi connectivity index (χ0) is 14.5. The number of amidine groups is 1. The standard InChI is InChI=1S/C15H21N3O2/c1-2-13-4-3-9-18(13)14(19)10-11-5-7-12(8-6-11)15(16)17-20/h5-8,13,20H,2-4,9-10H2,1H3,(H2,16,17). The molecule has 0 saturated carbocycles. The molecular formula is C15H21N3O2. The molecule has 1 aliphatic heterocycles. The van der Waals surface area contributed by atoms with E-state index >= 15 is 0 Å². The minimum Gasteiger partial charge on any atom is -0.409 e. The molecule has 5 heteroatoms. The van der Waals surface area contributed by atoms with Gasteiger partial charge in [0.2, 0.25) is 5.91 Å². The molecule has 0 aromatic heterocycles. The number of oxime groups is 1. The van der Waals surface area contributed by atoms with Gasteiger partial charge in [0.1, 0.15) is 0 Å². The summed E-state index contributed by atoms with van der Waals surface area (Å²) in [5, 5.41) is 11.6. The summed E-state index contributed by atoms with van der Waals surface area (Å²) >= 11 is 0. The minimum absolute atomic E-state index is 0.0773. The Hall–Kier alpha value is -2.04. The zero-order valence-electron chi connectivity index (χ0n) is 11.7. The number of nitrogens with zero attached hydrogens (tertiary/aromatic N) is 2. The number of carbonyl (C=O) groups is 1. The molecule has 108 valence electrons. The van der Waals surface area contributed by atoms with E-state index in [0.29, 0.717) is 18.0 Å². The fourth-order valence-electron chi connectivity index (χ4n) is 2.72. The largest absolute Gasteiger partial charge is 0.409 e. The highest BCUT2D eigenvalue weighted by Gasteiger charge is 2.26. The SMILES string of the molecule is CCC1CCCN1C(=O)Cc1ccc(C(N)=NO)cc1. The third-order valence-corrected chi connectivity index (χ3v) is 3.88. The van der Waals surface area contributed by atoms with Crippen molar-refractivity contribution in [1.82, 2.24) is 4.90 Å². The highest BCUT2D eigenvalue weighted by atomic mass is 16.4. The Bertz CT molecular complexity index is 496. The van der Waals surface area contributed by atoms with Gasteiger partial charge < -0.3 is 15.8 Å². The first-order chi connectivity index (χ1) is 9.65. The van der Waals surface area contributed by atoms with Crippen LogP contribution in [0.3, 0.4) is 0 Å². The molecule has 1 amide bonds. The number of amides is 1. The summed E-state index contributed by atoms with van der Waals surface area (Å²) < 4.78 is 0. The normalized spacial score (nSPS) is 19.4. The molecule has 1 unspecified atom stereocenters. The van der Waals surface area contributed by atoms with Crippen LogP contribution in [0.1, 0.15) is 37.3 Å². The minimum atomic E-state index is 0.0773. The molecule has 1 aliphatic rings. The second kappa shape index (κ2) is 6.41. The van der Waals surface area contributed by atoms with Crippen molar-refractivity contribution in [1.29, 1.82) is 0 Å². The molecule has 1 heterocycles. The van der Waals surface area contributed by atoms with E-state index in [1.165, 1.54) is 0 Å². The molecule has 0 aliphatic carbocycles. The van der Waals surface area contributed by atoms with Crippen LogP contribution in [0, 0.1) is 0 Å². The maximum absolute atomic E-state index is 12.3. The molecule has 1 aromatic carbocycles. The lowest BCUT2D eigenvalue weighted by atomic mass is 10.1. The van der Waals surface area contributed by atoms with Crippen LogP contribution in [-0.2, 0) is 11.2 Å². The molecule has 3 N–H and O–H groups in total. The van der Waals surface area contributed by atoms with E-state index in [4.69, 9.17) is 10.9 Å². The van der Waals surface area contributed by atoms with Gasteiger partial charge in [-0.15, -0.1) is 0 Å². The molecule has 1 atom stereocenters. The first-order valence-electron chi connectivity index (χ1n) is 7.02. The van der Waals surface area contributed by atoms with Crippen LogP contribution in [0.2, 0.25) is 0 Å². The van der Waals surface area contributed by atoms with Crippen LogP contribution < -0.4 is 5.73 Å². The van der Waals surface area contributed by atoms with Crippen LogP contribution in [-0.4, -0.2) is 34.4 Å². The zero-order valence-corrected chi connectivity index (χ0v) is 11.7. The lowest BCUT2D eigenvalue weighted by molar-refractivity contribution is -0.131. The van der Waals surface area contributed by atoms with Gasteiger partial charge in [0.05, 0.1) is 6.42 Å². The maximum atomic E-state index is 12.3. The second-order valence-electron chi connectivity index (χ2n) is 5.15. The van der Waals surface area contributed by atoms with Crippen molar-refractivity contribution >= 4 is 11.7 Å². The van der Waals surface area contributed by atoms with E-state index in [1.807, 2.05) is 17.0 Å². The summed E-state index contributed by atoms with van der Waals surface area (Å²) in [6.45, 7) is 3.00. The highest BCUT2D eigenvalue weighted by molar-refractivity contribution is 5.97. The molecule has 1 fully saturated rings. The fourth-order valence-corrected chi connectivity index (χ4v) is 2.72. The number of carbonyl (C=O) groups excluding carboxylic acids is 1. The highest BCUT2D eigenvalue weighted by Crippen LogP contribution is 2.21. The van der Waals surface area contributed by atoms with Gasteiger partial charge in [-0.05, 0) is 24.8 Å².